The Morgan fingerprint density at radius 3 is 2.89 bits per heavy atom. The summed E-state index contributed by atoms with van der Waals surface area (Å²) in [6.07, 6.45) is 2.51. The fraction of sp³-hybridized carbons (Fsp3) is 0.308. The molecule has 2 aromatic rings. The Balaban J connectivity index is 1.85. The highest BCUT2D eigenvalue weighted by molar-refractivity contribution is 7.11. The van der Waals surface area contributed by atoms with Crippen LogP contribution in [0.25, 0.3) is 0 Å². The van der Waals surface area contributed by atoms with E-state index in [1.807, 2.05) is 25.1 Å². The molecular weight excluding hydrogens is 258 g/mol. The third kappa shape index (κ3) is 4.03. The summed E-state index contributed by atoms with van der Waals surface area (Å²) in [4.78, 5) is 14.1. The van der Waals surface area contributed by atoms with Gasteiger partial charge in [-0.1, -0.05) is 6.07 Å². The zero-order valence-electron chi connectivity index (χ0n) is 11.1. The van der Waals surface area contributed by atoms with Gasteiger partial charge in [0.15, 0.2) is 5.96 Å². The maximum Gasteiger partial charge on any atom is 0.194 e. The van der Waals surface area contributed by atoms with E-state index in [2.05, 4.69) is 27.2 Å². The normalized spacial score (nSPS) is 11.6. The van der Waals surface area contributed by atoms with Crippen molar-refractivity contribution < 1.29 is 0 Å². The number of aryl methyl sites for hydroxylation is 2. The second kappa shape index (κ2) is 6.29. The SMILES string of the molecule is Cc1nc(CCN=C(N)Nc2ccccn2)sc1C. The van der Waals surface area contributed by atoms with Crippen LogP contribution in [0.15, 0.2) is 29.4 Å². The van der Waals surface area contributed by atoms with Gasteiger partial charge in [0.05, 0.1) is 10.7 Å². The number of guanidine groups is 1. The topological polar surface area (TPSA) is 76.2 Å². The van der Waals surface area contributed by atoms with Gasteiger partial charge < -0.3 is 11.1 Å². The first-order valence-corrected chi connectivity index (χ1v) is 6.87. The Labute approximate surface area is 116 Å². The highest BCUT2D eigenvalue weighted by atomic mass is 32.1. The van der Waals surface area contributed by atoms with Crippen LogP contribution in [0.2, 0.25) is 0 Å². The van der Waals surface area contributed by atoms with Crippen molar-refractivity contribution in [1.29, 1.82) is 0 Å². The van der Waals surface area contributed by atoms with E-state index in [9.17, 15) is 0 Å². The van der Waals surface area contributed by atoms with Crippen LogP contribution in [-0.2, 0) is 6.42 Å². The summed E-state index contributed by atoms with van der Waals surface area (Å²) in [5.41, 5.74) is 6.89. The van der Waals surface area contributed by atoms with E-state index >= 15 is 0 Å². The Morgan fingerprint density at radius 2 is 2.26 bits per heavy atom. The summed E-state index contributed by atoms with van der Waals surface area (Å²) in [6.45, 7) is 4.73. The molecule has 0 aliphatic carbocycles. The molecule has 0 saturated carbocycles. The number of hydrogen-bond acceptors (Lipinski definition) is 4. The van der Waals surface area contributed by atoms with Gasteiger partial charge in [-0.15, -0.1) is 11.3 Å². The van der Waals surface area contributed by atoms with Crippen LogP contribution in [0, 0.1) is 13.8 Å². The van der Waals surface area contributed by atoms with Gasteiger partial charge in [-0.25, -0.2) is 9.97 Å². The van der Waals surface area contributed by atoms with E-state index in [1.165, 1.54) is 4.88 Å². The van der Waals surface area contributed by atoms with Crippen LogP contribution in [0.5, 0.6) is 0 Å². The van der Waals surface area contributed by atoms with Gasteiger partial charge in [0, 0.05) is 24.0 Å². The summed E-state index contributed by atoms with van der Waals surface area (Å²) in [5, 5.41) is 4.05. The molecule has 0 amide bonds. The second-order valence-corrected chi connectivity index (χ2v) is 5.39. The van der Waals surface area contributed by atoms with E-state index in [0.29, 0.717) is 18.3 Å². The number of hydrogen-bond donors (Lipinski definition) is 2. The first-order valence-electron chi connectivity index (χ1n) is 6.06. The van der Waals surface area contributed by atoms with E-state index in [1.54, 1.807) is 17.5 Å². The molecular formula is C13H17N5S. The molecule has 0 aromatic carbocycles. The van der Waals surface area contributed by atoms with Crippen molar-refractivity contribution in [2.45, 2.75) is 20.3 Å². The van der Waals surface area contributed by atoms with Gasteiger partial charge in [0.1, 0.15) is 5.82 Å². The van der Waals surface area contributed by atoms with Gasteiger partial charge in [-0.3, -0.25) is 4.99 Å². The van der Waals surface area contributed by atoms with Crippen LogP contribution in [0.1, 0.15) is 15.6 Å². The zero-order chi connectivity index (χ0) is 13.7. The smallest absolute Gasteiger partial charge is 0.194 e. The second-order valence-electron chi connectivity index (χ2n) is 4.11. The van der Waals surface area contributed by atoms with Crippen LogP contribution in [-0.4, -0.2) is 22.5 Å². The van der Waals surface area contributed by atoms with E-state index in [-0.39, 0.29) is 0 Å². The minimum absolute atomic E-state index is 0.378. The molecule has 5 nitrogen and oxygen atoms in total. The molecule has 0 saturated heterocycles. The third-order valence-electron chi connectivity index (χ3n) is 2.60. The molecule has 2 rings (SSSR count). The van der Waals surface area contributed by atoms with Gasteiger partial charge in [-0.05, 0) is 26.0 Å². The summed E-state index contributed by atoms with van der Waals surface area (Å²) in [6, 6.07) is 5.59. The molecule has 0 bridgehead atoms. The highest BCUT2D eigenvalue weighted by Crippen LogP contribution is 2.16. The maximum atomic E-state index is 5.79. The molecule has 0 aliphatic heterocycles. The van der Waals surface area contributed by atoms with Crippen molar-refractivity contribution in [1.82, 2.24) is 9.97 Å². The molecule has 0 unspecified atom stereocenters. The molecule has 0 fully saturated rings. The monoisotopic (exact) mass is 275 g/mol. The number of aliphatic imine (C=N–C) groups is 1. The van der Waals surface area contributed by atoms with Gasteiger partial charge in [0.25, 0.3) is 0 Å². The fourth-order valence-corrected chi connectivity index (χ4v) is 2.45. The predicted octanol–water partition coefficient (Wildman–Crippen LogP) is 2.12. The van der Waals surface area contributed by atoms with Crippen LogP contribution < -0.4 is 11.1 Å². The Bertz CT molecular complexity index is 542. The van der Waals surface area contributed by atoms with Gasteiger partial charge >= 0.3 is 0 Å². The van der Waals surface area contributed by atoms with Crippen molar-refractivity contribution in [3.63, 3.8) is 0 Å². The lowest BCUT2D eigenvalue weighted by Gasteiger charge is -2.03. The van der Waals surface area contributed by atoms with Crippen molar-refractivity contribution in [2.24, 2.45) is 10.7 Å². The summed E-state index contributed by atoms with van der Waals surface area (Å²) in [7, 11) is 0. The average Bonchev–Trinajstić information content (AvgIpc) is 2.70. The number of rotatable bonds is 4. The highest BCUT2D eigenvalue weighted by Gasteiger charge is 2.02. The number of pyridine rings is 1. The molecule has 0 radical (unpaired) electrons. The number of anilines is 1. The van der Waals surface area contributed by atoms with E-state index < -0.39 is 0 Å². The third-order valence-corrected chi connectivity index (χ3v) is 3.73. The standard InChI is InChI=1S/C13H17N5S/c1-9-10(2)19-12(17-9)6-8-16-13(14)18-11-5-3-4-7-15-11/h3-5,7H,6,8H2,1-2H3,(H3,14,15,16,18). The van der Waals surface area contributed by atoms with Crippen LogP contribution >= 0.6 is 11.3 Å². The predicted molar refractivity (Wildman–Crippen MR) is 79.6 cm³/mol. The zero-order valence-corrected chi connectivity index (χ0v) is 11.9. The van der Waals surface area contributed by atoms with Crippen LogP contribution in [0.3, 0.4) is 0 Å². The number of nitrogens with one attached hydrogen (secondary N) is 1. The molecule has 0 atom stereocenters. The lowest BCUT2D eigenvalue weighted by atomic mass is 10.4. The fourth-order valence-electron chi connectivity index (χ4n) is 1.53. The van der Waals surface area contributed by atoms with Crippen molar-refractivity contribution in [3.05, 3.63) is 40.0 Å². The lowest BCUT2D eigenvalue weighted by molar-refractivity contribution is 0.941. The summed E-state index contributed by atoms with van der Waals surface area (Å²) in [5.74, 6) is 1.08. The number of aromatic nitrogens is 2. The summed E-state index contributed by atoms with van der Waals surface area (Å²) < 4.78 is 0. The van der Waals surface area contributed by atoms with Crippen LogP contribution in [0.4, 0.5) is 5.82 Å². The largest absolute Gasteiger partial charge is 0.370 e. The molecule has 0 aliphatic rings. The summed E-state index contributed by atoms with van der Waals surface area (Å²) >= 11 is 1.72. The molecule has 0 spiro atoms. The number of thiazole rings is 1. The number of nitrogens with zero attached hydrogens (tertiary/aromatic N) is 3. The van der Waals surface area contributed by atoms with E-state index in [0.717, 1.165) is 17.1 Å². The minimum Gasteiger partial charge on any atom is -0.370 e. The van der Waals surface area contributed by atoms with Gasteiger partial charge in [0.2, 0.25) is 0 Å². The van der Waals surface area contributed by atoms with Crippen molar-refractivity contribution in [3.8, 4) is 0 Å². The Morgan fingerprint density at radius 1 is 1.42 bits per heavy atom. The Kier molecular flexibility index (Phi) is 4.46. The van der Waals surface area contributed by atoms with Crippen molar-refractivity contribution >= 4 is 23.1 Å². The molecule has 2 aromatic heterocycles. The molecule has 6 heteroatoms. The molecule has 100 valence electrons. The maximum absolute atomic E-state index is 5.79. The average molecular weight is 275 g/mol. The lowest BCUT2D eigenvalue weighted by Crippen LogP contribution is -2.23. The molecule has 19 heavy (non-hydrogen) atoms. The van der Waals surface area contributed by atoms with E-state index in [4.69, 9.17) is 5.73 Å². The quantitative estimate of drug-likeness (QED) is 0.662. The van der Waals surface area contributed by atoms with Crippen molar-refractivity contribution in [2.75, 3.05) is 11.9 Å². The number of nitrogens with two attached hydrogens (primary N) is 1. The Hall–Kier alpha value is -1.95. The first kappa shape index (κ1) is 13.5. The molecule has 2 heterocycles. The first-order chi connectivity index (χ1) is 9.15. The molecule has 3 N–H and O–H groups in total. The van der Waals surface area contributed by atoms with Gasteiger partial charge in [-0.2, -0.15) is 0 Å². The minimum atomic E-state index is 0.378.